The number of rotatable bonds is 5. The molecule has 0 amide bonds. The first-order chi connectivity index (χ1) is 8.64. The minimum Gasteiger partial charge on any atom is -0.396 e. The molecule has 0 aliphatic heterocycles. The van der Waals surface area contributed by atoms with Crippen molar-refractivity contribution in [3.8, 4) is 0 Å². The number of aliphatic hydroxyl groups is 2. The van der Waals surface area contributed by atoms with E-state index in [1.807, 2.05) is 0 Å². The van der Waals surface area contributed by atoms with Crippen LogP contribution in [0.2, 0.25) is 0 Å². The predicted molar refractivity (Wildman–Crippen MR) is 65.3 cm³/mol. The second kappa shape index (κ2) is 5.78. The van der Waals surface area contributed by atoms with Crippen LogP contribution in [0.5, 0.6) is 0 Å². The molecule has 4 heteroatoms. The van der Waals surface area contributed by atoms with Crippen molar-refractivity contribution in [2.75, 3.05) is 6.61 Å². The van der Waals surface area contributed by atoms with Crippen LogP contribution >= 0.6 is 0 Å². The first-order valence-electron chi connectivity index (χ1n) is 6.40. The Balaban J connectivity index is 2.15. The van der Waals surface area contributed by atoms with Gasteiger partial charge in [-0.05, 0) is 18.9 Å². The molecular weight excluding hydrogens is 235 g/mol. The van der Waals surface area contributed by atoms with Crippen molar-refractivity contribution in [3.63, 3.8) is 0 Å². The predicted octanol–water partition coefficient (Wildman–Crippen LogP) is 2.53. The summed E-state index contributed by atoms with van der Waals surface area (Å²) >= 11 is 0. The van der Waals surface area contributed by atoms with Crippen LogP contribution in [0.1, 0.15) is 43.8 Å². The summed E-state index contributed by atoms with van der Waals surface area (Å²) in [5.41, 5.74) is 0.395. The van der Waals surface area contributed by atoms with Crippen molar-refractivity contribution >= 4 is 0 Å². The molecule has 100 valence electrons. The Hall–Kier alpha value is -0.970. The number of hydrogen-bond acceptors (Lipinski definition) is 3. The number of ether oxygens (including phenoxy) is 1. The molecule has 2 rings (SSSR count). The number of hydrogen-bond donors (Lipinski definition) is 2. The van der Waals surface area contributed by atoms with Gasteiger partial charge in [-0.3, -0.25) is 0 Å². The third kappa shape index (κ3) is 3.07. The fraction of sp³-hybridized carbons (Fsp3) is 0.571. The van der Waals surface area contributed by atoms with Crippen LogP contribution in [0.4, 0.5) is 4.39 Å². The molecule has 1 saturated carbocycles. The van der Waals surface area contributed by atoms with E-state index in [0.29, 0.717) is 18.4 Å². The van der Waals surface area contributed by atoms with Crippen LogP contribution < -0.4 is 0 Å². The van der Waals surface area contributed by atoms with Crippen LogP contribution in [-0.2, 0) is 4.74 Å². The molecule has 0 unspecified atom stereocenters. The first-order valence-corrected chi connectivity index (χ1v) is 6.40. The Labute approximate surface area is 106 Å². The highest BCUT2D eigenvalue weighted by atomic mass is 19.1. The third-order valence-electron chi connectivity index (χ3n) is 3.39. The van der Waals surface area contributed by atoms with E-state index in [1.54, 1.807) is 18.2 Å². The maximum atomic E-state index is 13.7. The number of halogens is 1. The quantitative estimate of drug-likeness (QED) is 0.794. The summed E-state index contributed by atoms with van der Waals surface area (Å²) in [6.07, 6.45) is 2.66. The molecule has 1 aromatic rings. The van der Waals surface area contributed by atoms with Crippen LogP contribution in [0.15, 0.2) is 24.3 Å². The Bertz CT molecular complexity index is 388. The van der Waals surface area contributed by atoms with Crippen molar-refractivity contribution in [3.05, 3.63) is 35.6 Å². The SMILES string of the molecule is OCC[C@@H](OC1(O)CCCC1)c1ccccc1F. The van der Waals surface area contributed by atoms with E-state index in [2.05, 4.69) is 0 Å². The minimum atomic E-state index is -1.16. The topological polar surface area (TPSA) is 49.7 Å². The summed E-state index contributed by atoms with van der Waals surface area (Å²) in [6.45, 7) is -0.102. The highest BCUT2D eigenvalue weighted by molar-refractivity contribution is 5.20. The Morgan fingerprint density at radius 3 is 2.56 bits per heavy atom. The first kappa shape index (κ1) is 13.5. The standard InChI is InChI=1S/C14H19FO3/c15-12-6-2-1-5-11(12)13(7-10-16)18-14(17)8-3-4-9-14/h1-2,5-6,13,16-17H,3-4,7-10H2/t13-/m1/s1. The van der Waals surface area contributed by atoms with Gasteiger partial charge in [0.05, 0.1) is 6.10 Å². The van der Waals surface area contributed by atoms with Gasteiger partial charge in [0.15, 0.2) is 5.79 Å². The molecule has 3 nitrogen and oxygen atoms in total. The molecule has 1 aliphatic rings. The molecule has 0 aromatic heterocycles. The van der Waals surface area contributed by atoms with E-state index >= 15 is 0 Å². The van der Waals surface area contributed by atoms with E-state index in [-0.39, 0.29) is 18.8 Å². The van der Waals surface area contributed by atoms with Gasteiger partial charge in [0.25, 0.3) is 0 Å². The van der Waals surface area contributed by atoms with Gasteiger partial charge in [0.1, 0.15) is 5.82 Å². The third-order valence-corrected chi connectivity index (χ3v) is 3.39. The summed E-state index contributed by atoms with van der Waals surface area (Å²) in [4.78, 5) is 0. The van der Waals surface area contributed by atoms with E-state index < -0.39 is 11.9 Å². The Kier molecular flexibility index (Phi) is 4.32. The van der Waals surface area contributed by atoms with Gasteiger partial charge in [0, 0.05) is 31.4 Å². The fourth-order valence-electron chi connectivity index (χ4n) is 2.44. The minimum absolute atomic E-state index is 0.102. The highest BCUT2D eigenvalue weighted by Crippen LogP contribution is 2.36. The lowest BCUT2D eigenvalue weighted by Crippen LogP contribution is -2.31. The maximum absolute atomic E-state index is 13.7. The van der Waals surface area contributed by atoms with Crippen molar-refractivity contribution in [1.82, 2.24) is 0 Å². The zero-order valence-corrected chi connectivity index (χ0v) is 10.3. The van der Waals surface area contributed by atoms with Gasteiger partial charge < -0.3 is 14.9 Å². The molecule has 0 heterocycles. The molecule has 0 bridgehead atoms. The van der Waals surface area contributed by atoms with Crippen molar-refractivity contribution in [2.24, 2.45) is 0 Å². The molecule has 2 N–H and O–H groups in total. The smallest absolute Gasteiger partial charge is 0.166 e. The molecule has 1 aromatic carbocycles. The zero-order valence-electron chi connectivity index (χ0n) is 10.3. The number of benzene rings is 1. The Morgan fingerprint density at radius 1 is 1.28 bits per heavy atom. The lowest BCUT2D eigenvalue weighted by Gasteiger charge is -2.29. The molecule has 18 heavy (non-hydrogen) atoms. The normalized spacial score (nSPS) is 19.9. The number of aliphatic hydroxyl groups excluding tert-OH is 1. The fourth-order valence-corrected chi connectivity index (χ4v) is 2.44. The lowest BCUT2D eigenvalue weighted by atomic mass is 10.1. The zero-order chi connectivity index (χ0) is 13.0. The van der Waals surface area contributed by atoms with E-state index in [4.69, 9.17) is 9.84 Å². The van der Waals surface area contributed by atoms with Gasteiger partial charge in [-0.15, -0.1) is 0 Å². The second-order valence-electron chi connectivity index (χ2n) is 4.79. The molecule has 0 spiro atoms. The average Bonchev–Trinajstić information content (AvgIpc) is 2.76. The Morgan fingerprint density at radius 2 is 1.94 bits per heavy atom. The van der Waals surface area contributed by atoms with Gasteiger partial charge in [-0.1, -0.05) is 18.2 Å². The molecule has 0 saturated heterocycles. The molecule has 1 aliphatic carbocycles. The van der Waals surface area contributed by atoms with Crippen LogP contribution in [0.3, 0.4) is 0 Å². The lowest BCUT2D eigenvalue weighted by molar-refractivity contribution is -0.230. The van der Waals surface area contributed by atoms with Crippen molar-refractivity contribution in [2.45, 2.75) is 44.0 Å². The highest BCUT2D eigenvalue weighted by Gasteiger charge is 2.35. The van der Waals surface area contributed by atoms with Crippen LogP contribution in [0, 0.1) is 5.82 Å². The monoisotopic (exact) mass is 254 g/mol. The van der Waals surface area contributed by atoms with Gasteiger partial charge >= 0.3 is 0 Å². The molecule has 0 radical (unpaired) electrons. The second-order valence-corrected chi connectivity index (χ2v) is 4.79. The summed E-state index contributed by atoms with van der Waals surface area (Å²) in [6, 6.07) is 6.33. The summed E-state index contributed by atoms with van der Waals surface area (Å²) in [7, 11) is 0. The van der Waals surface area contributed by atoms with E-state index in [1.165, 1.54) is 6.07 Å². The van der Waals surface area contributed by atoms with Crippen molar-refractivity contribution < 1.29 is 19.3 Å². The van der Waals surface area contributed by atoms with E-state index in [0.717, 1.165) is 12.8 Å². The average molecular weight is 254 g/mol. The summed E-state index contributed by atoms with van der Waals surface area (Å²) < 4.78 is 19.4. The van der Waals surface area contributed by atoms with Crippen LogP contribution in [-0.4, -0.2) is 22.6 Å². The summed E-state index contributed by atoms with van der Waals surface area (Å²) in [5, 5.41) is 19.3. The largest absolute Gasteiger partial charge is 0.396 e. The molecular formula is C14H19FO3. The van der Waals surface area contributed by atoms with Gasteiger partial charge in [-0.25, -0.2) is 4.39 Å². The van der Waals surface area contributed by atoms with Gasteiger partial charge in [-0.2, -0.15) is 0 Å². The maximum Gasteiger partial charge on any atom is 0.166 e. The van der Waals surface area contributed by atoms with E-state index in [9.17, 15) is 9.50 Å². The van der Waals surface area contributed by atoms with Gasteiger partial charge in [0.2, 0.25) is 0 Å². The summed E-state index contributed by atoms with van der Waals surface area (Å²) in [5.74, 6) is -1.53. The molecule has 1 fully saturated rings. The van der Waals surface area contributed by atoms with Crippen molar-refractivity contribution in [1.29, 1.82) is 0 Å². The van der Waals surface area contributed by atoms with Crippen LogP contribution in [0.25, 0.3) is 0 Å². The molecule has 1 atom stereocenters.